The van der Waals surface area contributed by atoms with E-state index >= 15 is 0 Å². The maximum absolute atomic E-state index is 12.5. The first kappa shape index (κ1) is 16.6. The van der Waals surface area contributed by atoms with Gasteiger partial charge in [-0.05, 0) is 43.4 Å². The van der Waals surface area contributed by atoms with Crippen molar-refractivity contribution in [1.29, 1.82) is 0 Å². The molecule has 1 amide bonds. The average Bonchev–Trinajstić information content (AvgIpc) is 3.44. The molecule has 5 heteroatoms. The maximum atomic E-state index is 12.5. The molecule has 1 aliphatic carbocycles. The van der Waals surface area contributed by atoms with Crippen molar-refractivity contribution >= 4 is 23.6 Å². The smallest absolute Gasteiger partial charge is 0.339 e. The van der Waals surface area contributed by atoms with Crippen molar-refractivity contribution in [3.8, 4) is 0 Å². The Morgan fingerprint density at radius 3 is 2.33 bits per heavy atom. The molecule has 0 heterocycles. The van der Waals surface area contributed by atoms with E-state index in [-0.39, 0.29) is 11.9 Å². The average molecular weight is 341 g/mol. The summed E-state index contributed by atoms with van der Waals surface area (Å²) in [6.07, 6.45) is 3.01. The van der Waals surface area contributed by atoms with Crippen LogP contribution in [0.3, 0.4) is 0 Å². The Labute approximate surface area is 145 Å². The summed E-state index contributed by atoms with van der Waals surface area (Å²) < 4.78 is 5.53. The van der Waals surface area contributed by atoms with Gasteiger partial charge in [0.15, 0.2) is 0 Å². The van der Waals surface area contributed by atoms with Gasteiger partial charge in [0.05, 0.1) is 5.56 Å². The molecule has 0 bridgehead atoms. The van der Waals surface area contributed by atoms with E-state index in [4.69, 9.17) is 4.74 Å². The predicted molar refractivity (Wildman–Crippen MR) is 94.0 cm³/mol. The van der Waals surface area contributed by atoms with Gasteiger partial charge in [-0.15, -0.1) is 11.8 Å². The van der Waals surface area contributed by atoms with Gasteiger partial charge < -0.3 is 10.1 Å². The van der Waals surface area contributed by atoms with Crippen LogP contribution >= 0.6 is 11.8 Å². The standard InChI is InChI=1S/C19H19NO3S/c1-24-16-11-7-14(8-12-16)19(22)23-17(13-5-3-2-4-6-13)18(21)20-15-9-10-15/h2-8,11-12,15,17H,9-10H2,1H3,(H,20,21)/t17-/m0/s1. The molecule has 124 valence electrons. The van der Waals surface area contributed by atoms with Crippen molar-refractivity contribution in [3.63, 3.8) is 0 Å². The van der Waals surface area contributed by atoms with Gasteiger partial charge in [-0.3, -0.25) is 4.79 Å². The minimum Gasteiger partial charge on any atom is -0.444 e. The van der Waals surface area contributed by atoms with Gasteiger partial charge in [0, 0.05) is 16.5 Å². The van der Waals surface area contributed by atoms with E-state index in [1.54, 1.807) is 36.0 Å². The van der Waals surface area contributed by atoms with Gasteiger partial charge in [-0.25, -0.2) is 4.79 Å². The quantitative estimate of drug-likeness (QED) is 0.644. The van der Waals surface area contributed by atoms with Crippen molar-refractivity contribution < 1.29 is 14.3 Å². The molecule has 2 aromatic rings. The van der Waals surface area contributed by atoms with Crippen molar-refractivity contribution in [2.45, 2.75) is 29.9 Å². The van der Waals surface area contributed by atoms with Crippen molar-refractivity contribution in [1.82, 2.24) is 5.32 Å². The summed E-state index contributed by atoms with van der Waals surface area (Å²) in [6.45, 7) is 0. The van der Waals surface area contributed by atoms with Gasteiger partial charge in [0.1, 0.15) is 0 Å². The summed E-state index contributed by atoms with van der Waals surface area (Å²) in [5, 5.41) is 2.91. The van der Waals surface area contributed by atoms with Crippen LogP contribution in [-0.2, 0) is 9.53 Å². The number of carbonyl (C=O) groups is 2. The second kappa shape index (κ2) is 7.53. The van der Waals surface area contributed by atoms with Crippen LogP contribution in [0.15, 0.2) is 59.5 Å². The first-order valence-electron chi connectivity index (χ1n) is 7.88. The Kier molecular flexibility index (Phi) is 5.20. The molecule has 0 unspecified atom stereocenters. The molecule has 1 saturated carbocycles. The second-order valence-corrected chi connectivity index (χ2v) is 6.59. The van der Waals surface area contributed by atoms with Crippen LogP contribution in [0.4, 0.5) is 0 Å². The minimum atomic E-state index is -0.931. The Bertz CT molecular complexity index is 711. The first-order chi connectivity index (χ1) is 11.7. The van der Waals surface area contributed by atoms with Gasteiger partial charge in [0.25, 0.3) is 5.91 Å². The Morgan fingerprint density at radius 1 is 1.08 bits per heavy atom. The monoisotopic (exact) mass is 341 g/mol. The number of carbonyl (C=O) groups excluding carboxylic acids is 2. The summed E-state index contributed by atoms with van der Waals surface area (Å²) in [5.74, 6) is -0.764. The maximum Gasteiger partial charge on any atom is 0.339 e. The van der Waals surface area contributed by atoms with E-state index in [9.17, 15) is 9.59 Å². The number of hydrogen-bond donors (Lipinski definition) is 1. The van der Waals surface area contributed by atoms with E-state index in [0.717, 1.165) is 17.7 Å². The molecule has 1 atom stereocenters. The molecule has 4 nitrogen and oxygen atoms in total. The second-order valence-electron chi connectivity index (χ2n) is 5.71. The van der Waals surface area contributed by atoms with Gasteiger partial charge in [-0.2, -0.15) is 0 Å². The van der Waals surface area contributed by atoms with Crippen LogP contribution in [0.5, 0.6) is 0 Å². The lowest BCUT2D eigenvalue weighted by molar-refractivity contribution is -0.130. The molecule has 0 saturated heterocycles. The van der Waals surface area contributed by atoms with Crippen molar-refractivity contribution in [2.24, 2.45) is 0 Å². The first-order valence-corrected chi connectivity index (χ1v) is 9.10. The van der Waals surface area contributed by atoms with Crippen LogP contribution < -0.4 is 5.32 Å². The number of rotatable bonds is 6. The molecule has 0 radical (unpaired) electrons. The third kappa shape index (κ3) is 4.17. The Hall–Kier alpha value is -2.27. The van der Waals surface area contributed by atoms with E-state index in [1.165, 1.54) is 0 Å². The number of esters is 1. The van der Waals surface area contributed by atoms with E-state index in [2.05, 4.69) is 5.32 Å². The normalized spacial score (nSPS) is 14.7. The number of amides is 1. The highest BCUT2D eigenvalue weighted by molar-refractivity contribution is 7.98. The van der Waals surface area contributed by atoms with E-state index < -0.39 is 12.1 Å². The van der Waals surface area contributed by atoms with Crippen LogP contribution in [-0.4, -0.2) is 24.2 Å². The summed E-state index contributed by atoms with van der Waals surface area (Å²) in [6, 6.07) is 16.5. The SMILES string of the molecule is CSc1ccc(C(=O)O[C@H](C(=O)NC2CC2)c2ccccc2)cc1. The molecular weight excluding hydrogens is 322 g/mol. The molecule has 24 heavy (non-hydrogen) atoms. The highest BCUT2D eigenvalue weighted by Crippen LogP contribution is 2.24. The lowest BCUT2D eigenvalue weighted by Crippen LogP contribution is -2.33. The molecular formula is C19H19NO3S. The van der Waals surface area contributed by atoms with E-state index in [1.807, 2.05) is 36.6 Å². The van der Waals surface area contributed by atoms with Crippen LogP contribution in [0, 0.1) is 0 Å². The summed E-state index contributed by atoms with van der Waals surface area (Å²) in [5.41, 5.74) is 1.11. The highest BCUT2D eigenvalue weighted by atomic mass is 32.2. The number of nitrogens with one attached hydrogen (secondary N) is 1. The fourth-order valence-electron chi connectivity index (χ4n) is 2.31. The summed E-state index contributed by atoms with van der Waals surface area (Å²) in [7, 11) is 0. The molecule has 1 aliphatic rings. The van der Waals surface area contributed by atoms with Gasteiger partial charge in [-0.1, -0.05) is 30.3 Å². The molecule has 0 aliphatic heterocycles. The summed E-state index contributed by atoms with van der Waals surface area (Å²) >= 11 is 1.60. The number of hydrogen-bond acceptors (Lipinski definition) is 4. The largest absolute Gasteiger partial charge is 0.444 e. The third-order valence-corrected chi connectivity index (χ3v) is 4.56. The fraction of sp³-hybridized carbons (Fsp3) is 0.263. The van der Waals surface area contributed by atoms with Gasteiger partial charge >= 0.3 is 5.97 Å². The van der Waals surface area contributed by atoms with Crippen LogP contribution in [0.25, 0.3) is 0 Å². The van der Waals surface area contributed by atoms with E-state index in [0.29, 0.717) is 11.1 Å². The highest BCUT2D eigenvalue weighted by Gasteiger charge is 2.31. The lowest BCUT2D eigenvalue weighted by atomic mass is 10.1. The molecule has 0 spiro atoms. The molecule has 0 aromatic heterocycles. The third-order valence-electron chi connectivity index (χ3n) is 3.81. The lowest BCUT2D eigenvalue weighted by Gasteiger charge is -2.18. The zero-order chi connectivity index (χ0) is 16.9. The number of benzene rings is 2. The predicted octanol–water partition coefficient (Wildman–Crippen LogP) is 3.59. The number of ether oxygens (including phenoxy) is 1. The van der Waals surface area contributed by atoms with Crippen LogP contribution in [0.2, 0.25) is 0 Å². The fourth-order valence-corrected chi connectivity index (χ4v) is 2.72. The Morgan fingerprint density at radius 2 is 1.75 bits per heavy atom. The molecule has 1 N–H and O–H groups in total. The molecule has 1 fully saturated rings. The molecule has 3 rings (SSSR count). The zero-order valence-corrected chi connectivity index (χ0v) is 14.2. The zero-order valence-electron chi connectivity index (χ0n) is 13.4. The Balaban J connectivity index is 1.77. The van der Waals surface area contributed by atoms with Crippen molar-refractivity contribution in [2.75, 3.05) is 6.26 Å². The van der Waals surface area contributed by atoms with Crippen molar-refractivity contribution in [3.05, 3.63) is 65.7 Å². The van der Waals surface area contributed by atoms with Crippen LogP contribution in [0.1, 0.15) is 34.9 Å². The topological polar surface area (TPSA) is 55.4 Å². The summed E-state index contributed by atoms with van der Waals surface area (Å²) in [4.78, 5) is 26.0. The minimum absolute atomic E-state index is 0.211. The number of thioether (sulfide) groups is 1. The van der Waals surface area contributed by atoms with Gasteiger partial charge in [0.2, 0.25) is 6.10 Å². The molecule has 2 aromatic carbocycles.